The lowest BCUT2D eigenvalue weighted by Gasteiger charge is -1.99. The molecule has 0 aliphatic rings. The fourth-order valence-corrected chi connectivity index (χ4v) is 0.763. The number of rotatable bonds is 2. The topological polar surface area (TPSA) is 18.5 Å². The second-order valence-corrected chi connectivity index (χ2v) is 2.07. The Bertz CT molecular complexity index is 209. The predicted octanol–water partition coefficient (Wildman–Crippen LogP) is 2.96. The quantitative estimate of drug-likeness (QED) is 0.499. The molecule has 0 aliphatic carbocycles. The summed E-state index contributed by atoms with van der Waals surface area (Å²) in [4.78, 5) is 9.27. The molecule has 0 saturated carbocycles. The van der Waals surface area contributed by atoms with Crippen LogP contribution in [-0.4, -0.2) is 7.11 Å². The third-order valence-corrected chi connectivity index (χ3v) is 1.17. The molecule has 0 saturated heterocycles. The van der Waals surface area contributed by atoms with Crippen molar-refractivity contribution in [2.75, 3.05) is 7.11 Å². The van der Waals surface area contributed by atoms with Gasteiger partial charge in [-0.05, 0) is 24.6 Å². The summed E-state index contributed by atoms with van der Waals surface area (Å²) in [5.41, 5.74) is 1.16. The van der Waals surface area contributed by atoms with Crippen molar-refractivity contribution in [3.8, 4) is 5.75 Å². The first-order valence-electron chi connectivity index (χ1n) is 4.10. The highest BCUT2D eigenvalue weighted by Crippen LogP contribution is 2.11. The molecular formula is C10H16O2. The van der Waals surface area contributed by atoms with Crippen molar-refractivity contribution in [3.63, 3.8) is 0 Å². The Labute approximate surface area is 74.1 Å². The molecule has 0 unspecified atom stereocenters. The van der Waals surface area contributed by atoms with Crippen LogP contribution in [0.25, 0.3) is 0 Å². The molecule has 0 radical (unpaired) electrons. The molecule has 0 N–H and O–H groups in total. The number of hydrogen-bond acceptors (Lipinski definition) is 2. The van der Waals surface area contributed by atoms with E-state index in [9.17, 15) is 0 Å². The summed E-state index contributed by atoms with van der Waals surface area (Å²) in [7, 11) is 1.49. The largest absolute Gasteiger partial charge is 0.338 e. The van der Waals surface area contributed by atoms with E-state index in [0.29, 0.717) is 0 Å². The Balaban J connectivity index is 0.000000561. The van der Waals surface area contributed by atoms with E-state index in [1.54, 1.807) is 0 Å². The van der Waals surface area contributed by atoms with Gasteiger partial charge in [0.05, 0.1) is 7.11 Å². The standard InChI is InChI=1S/C8H10O2.C2H6/c1-7-4-3-5-8(6-7)10-9-2;1-2/h3-6H,1-2H3;1-2H3. The first kappa shape index (κ1) is 11.0. The Morgan fingerprint density at radius 3 is 2.33 bits per heavy atom. The average molecular weight is 168 g/mol. The van der Waals surface area contributed by atoms with E-state index in [2.05, 4.69) is 4.89 Å². The molecular weight excluding hydrogens is 152 g/mol. The maximum Gasteiger partial charge on any atom is 0.165 e. The highest BCUT2D eigenvalue weighted by atomic mass is 17.2. The van der Waals surface area contributed by atoms with Crippen molar-refractivity contribution in [1.29, 1.82) is 0 Å². The number of hydrogen-bond donors (Lipinski definition) is 0. The Kier molecular flexibility index (Phi) is 6.11. The minimum absolute atomic E-state index is 0.738. The van der Waals surface area contributed by atoms with E-state index in [-0.39, 0.29) is 0 Å². The van der Waals surface area contributed by atoms with Crippen LogP contribution >= 0.6 is 0 Å². The van der Waals surface area contributed by atoms with E-state index >= 15 is 0 Å². The van der Waals surface area contributed by atoms with Gasteiger partial charge in [-0.3, -0.25) is 0 Å². The van der Waals surface area contributed by atoms with Crippen LogP contribution in [0.4, 0.5) is 0 Å². The van der Waals surface area contributed by atoms with Crippen LogP contribution in [0.15, 0.2) is 24.3 Å². The van der Waals surface area contributed by atoms with Gasteiger partial charge in [-0.15, -0.1) is 0 Å². The molecule has 0 aliphatic heterocycles. The van der Waals surface area contributed by atoms with Gasteiger partial charge >= 0.3 is 0 Å². The van der Waals surface area contributed by atoms with Gasteiger partial charge in [-0.25, -0.2) is 0 Å². The van der Waals surface area contributed by atoms with Gasteiger partial charge in [-0.2, -0.15) is 4.89 Å². The summed E-state index contributed by atoms with van der Waals surface area (Å²) in [6.07, 6.45) is 0. The highest BCUT2D eigenvalue weighted by molar-refractivity contribution is 5.26. The molecule has 0 bridgehead atoms. The van der Waals surface area contributed by atoms with Gasteiger partial charge < -0.3 is 4.89 Å². The highest BCUT2D eigenvalue weighted by Gasteiger charge is 1.90. The van der Waals surface area contributed by atoms with Crippen molar-refractivity contribution in [3.05, 3.63) is 29.8 Å². The average Bonchev–Trinajstić information content (AvgIpc) is 2.09. The lowest BCUT2D eigenvalue weighted by atomic mass is 10.2. The number of benzene rings is 1. The molecule has 1 aromatic rings. The molecule has 0 fully saturated rings. The number of aryl methyl sites for hydroxylation is 1. The molecule has 2 nitrogen and oxygen atoms in total. The fraction of sp³-hybridized carbons (Fsp3) is 0.400. The van der Waals surface area contributed by atoms with Gasteiger partial charge in [0.15, 0.2) is 5.75 Å². The van der Waals surface area contributed by atoms with Crippen LogP contribution in [0.1, 0.15) is 19.4 Å². The molecule has 2 heteroatoms. The Hall–Kier alpha value is -1.02. The first-order valence-corrected chi connectivity index (χ1v) is 4.10. The van der Waals surface area contributed by atoms with Crippen LogP contribution in [0, 0.1) is 6.92 Å². The van der Waals surface area contributed by atoms with Crippen LogP contribution in [0.3, 0.4) is 0 Å². The normalized spacial score (nSPS) is 8.33. The molecule has 0 amide bonds. The zero-order valence-corrected chi connectivity index (χ0v) is 8.13. The summed E-state index contributed by atoms with van der Waals surface area (Å²) in [5, 5.41) is 0. The zero-order chi connectivity index (χ0) is 9.40. The molecule has 0 aromatic heterocycles. The Morgan fingerprint density at radius 2 is 1.83 bits per heavy atom. The van der Waals surface area contributed by atoms with E-state index < -0.39 is 0 Å². The molecule has 1 aromatic carbocycles. The van der Waals surface area contributed by atoms with E-state index in [4.69, 9.17) is 4.89 Å². The van der Waals surface area contributed by atoms with Crippen LogP contribution < -0.4 is 4.89 Å². The van der Waals surface area contributed by atoms with Crippen molar-refractivity contribution < 1.29 is 9.78 Å². The van der Waals surface area contributed by atoms with Gasteiger partial charge in [-0.1, -0.05) is 26.0 Å². The maximum atomic E-state index is 4.79. The van der Waals surface area contributed by atoms with Gasteiger partial charge in [0, 0.05) is 0 Å². The maximum absolute atomic E-state index is 4.79. The molecule has 0 heterocycles. The molecule has 1 rings (SSSR count). The summed E-state index contributed by atoms with van der Waals surface area (Å²) in [6.45, 7) is 6.00. The van der Waals surface area contributed by atoms with Gasteiger partial charge in [0.1, 0.15) is 0 Å². The third-order valence-electron chi connectivity index (χ3n) is 1.17. The molecule has 0 atom stereocenters. The molecule has 12 heavy (non-hydrogen) atoms. The van der Waals surface area contributed by atoms with Crippen LogP contribution in [0.2, 0.25) is 0 Å². The molecule has 68 valence electrons. The monoisotopic (exact) mass is 168 g/mol. The molecule has 0 spiro atoms. The van der Waals surface area contributed by atoms with Crippen molar-refractivity contribution >= 4 is 0 Å². The zero-order valence-electron chi connectivity index (χ0n) is 8.13. The summed E-state index contributed by atoms with van der Waals surface area (Å²) >= 11 is 0. The minimum Gasteiger partial charge on any atom is -0.338 e. The van der Waals surface area contributed by atoms with Gasteiger partial charge in [0.2, 0.25) is 0 Å². The third kappa shape index (κ3) is 3.98. The minimum atomic E-state index is 0.738. The smallest absolute Gasteiger partial charge is 0.165 e. The van der Waals surface area contributed by atoms with Crippen molar-refractivity contribution in [2.24, 2.45) is 0 Å². The summed E-state index contributed by atoms with van der Waals surface area (Å²) in [6, 6.07) is 7.67. The van der Waals surface area contributed by atoms with E-state index in [0.717, 1.165) is 11.3 Å². The lowest BCUT2D eigenvalue weighted by Crippen LogP contribution is -1.89. The summed E-state index contributed by atoms with van der Waals surface area (Å²) in [5.74, 6) is 0.738. The lowest BCUT2D eigenvalue weighted by molar-refractivity contribution is -0.178. The summed E-state index contributed by atoms with van der Waals surface area (Å²) < 4.78 is 0. The SMILES string of the molecule is CC.COOc1cccc(C)c1. The van der Waals surface area contributed by atoms with E-state index in [1.165, 1.54) is 7.11 Å². The van der Waals surface area contributed by atoms with Crippen LogP contribution in [-0.2, 0) is 4.89 Å². The second-order valence-electron chi connectivity index (χ2n) is 2.07. The van der Waals surface area contributed by atoms with Crippen molar-refractivity contribution in [1.82, 2.24) is 0 Å². The van der Waals surface area contributed by atoms with Gasteiger partial charge in [0.25, 0.3) is 0 Å². The fourth-order valence-electron chi connectivity index (χ4n) is 0.763. The van der Waals surface area contributed by atoms with Crippen molar-refractivity contribution in [2.45, 2.75) is 20.8 Å². The first-order chi connectivity index (χ1) is 5.83. The van der Waals surface area contributed by atoms with E-state index in [1.807, 2.05) is 45.0 Å². The van der Waals surface area contributed by atoms with Crippen LogP contribution in [0.5, 0.6) is 5.75 Å². The predicted molar refractivity (Wildman–Crippen MR) is 50.2 cm³/mol. The second kappa shape index (κ2) is 6.68. The Morgan fingerprint density at radius 1 is 1.17 bits per heavy atom.